The van der Waals surface area contributed by atoms with Crippen LogP contribution in [0.3, 0.4) is 0 Å². The lowest BCUT2D eigenvalue weighted by molar-refractivity contribution is 0.0985. The summed E-state index contributed by atoms with van der Waals surface area (Å²) in [6, 6.07) is 8.65. The maximum absolute atomic E-state index is 12.8. The van der Waals surface area contributed by atoms with Crippen LogP contribution in [0.4, 0.5) is 5.69 Å². The molecule has 0 atom stereocenters. The Hall–Kier alpha value is -2.12. The van der Waals surface area contributed by atoms with Crippen LogP contribution in [-0.4, -0.2) is 43.2 Å². The number of carbonyl (C=O) groups is 1. The number of benzene rings is 1. The zero-order valence-electron chi connectivity index (χ0n) is 13.2. The zero-order valence-corrected chi connectivity index (χ0v) is 14.1. The van der Waals surface area contributed by atoms with Gasteiger partial charge in [0, 0.05) is 31.5 Å². The SMILES string of the molecule is O=C(c1ccc[nH]1)N1CCc2ccc(S(=O)(=O)N3CCCC3)cc21. The maximum Gasteiger partial charge on any atom is 0.274 e. The number of fused-ring (bicyclic) bond motifs is 1. The van der Waals surface area contributed by atoms with Crippen molar-refractivity contribution < 1.29 is 13.2 Å². The first-order valence-corrected chi connectivity index (χ1v) is 9.60. The van der Waals surface area contributed by atoms with Gasteiger partial charge in [-0.1, -0.05) is 6.07 Å². The Morgan fingerprint density at radius 3 is 2.58 bits per heavy atom. The molecule has 1 saturated heterocycles. The number of hydrogen-bond acceptors (Lipinski definition) is 3. The minimum absolute atomic E-state index is 0.130. The Morgan fingerprint density at radius 2 is 1.88 bits per heavy atom. The van der Waals surface area contributed by atoms with E-state index in [2.05, 4.69) is 4.98 Å². The monoisotopic (exact) mass is 345 g/mol. The van der Waals surface area contributed by atoms with Crippen molar-refractivity contribution in [1.29, 1.82) is 0 Å². The summed E-state index contributed by atoms with van der Waals surface area (Å²) in [5, 5.41) is 0. The lowest BCUT2D eigenvalue weighted by Crippen LogP contribution is -2.30. The number of nitrogens with zero attached hydrogens (tertiary/aromatic N) is 2. The van der Waals surface area contributed by atoms with Gasteiger partial charge in [-0.05, 0) is 49.1 Å². The summed E-state index contributed by atoms with van der Waals surface area (Å²) >= 11 is 0. The molecule has 126 valence electrons. The van der Waals surface area contributed by atoms with Gasteiger partial charge < -0.3 is 9.88 Å². The number of aromatic amines is 1. The summed E-state index contributed by atoms with van der Waals surface area (Å²) in [6.07, 6.45) is 4.26. The van der Waals surface area contributed by atoms with Gasteiger partial charge in [0.1, 0.15) is 5.69 Å². The highest BCUT2D eigenvalue weighted by atomic mass is 32.2. The van der Waals surface area contributed by atoms with Crippen molar-refractivity contribution in [3.8, 4) is 0 Å². The molecule has 1 fully saturated rings. The van der Waals surface area contributed by atoms with E-state index in [1.165, 1.54) is 4.31 Å². The smallest absolute Gasteiger partial charge is 0.274 e. The van der Waals surface area contributed by atoms with Crippen molar-refractivity contribution >= 4 is 21.6 Å². The summed E-state index contributed by atoms with van der Waals surface area (Å²) < 4.78 is 27.0. The molecule has 2 aliphatic rings. The highest BCUT2D eigenvalue weighted by molar-refractivity contribution is 7.89. The summed E-state index contributed by atoms with van der Waals surface area (Å²) in [6.45, 7) is 1.72. The fourth-order valence-electron chi connectivity index (χ4n) is 3.42. The molecule has 7 heteroatoms. The van der Waals surface area contributed by atoms with Crippen molar-refractivity contribution in [3.63, 3.8) is 0 Å². The average molecular weight is 345 g/mol. The van der Waals surface area contributed by atoms with Crippen LogP contribution in [0.2, 0.25) is 0 Å². The number of hydrogen-bond donors (Lipinski definition) is 1. The summed E-state index contributed by atoms with van der Waals surface area (Å²) in [7, 11) is -3.48. The van der Waals surface area contributed by atoms with Gasteiger partial charge in [0.25, 0.3) is 5.91 Å². The van der Waals surface area contributed by atoms with E-state index in [1.807, 2.05) is 6.07 Å². The van der Waals surface area contributed by atoms with Crippen molar-refractivity contribution in [3.05, 3.63) is 47.8 Å². The summed E-state index contributed by atoms with van der Waals surface area (Å²) in [4.78, 5) is 17.5. The van der Waals surface area contributed by atoms with E-state index in [1.54, 1.807) is 35.4 Å². The van der Waals surface area contributed by atoms with Crippen LogP contribution in [0.1, 0.15) is 28.9 Å². The number of rotatable bonds is 3. The molecule has 1 amide bonds. The molecule has 1 aromatic heterocycles. The number of H-pyrrole nitrogens is 1. The second kappa shape index (κ2) is 5.75. The molecule has 0 saturated carbocycles. The van der Waals surface area contributed by atoms with Crippen LogP contribution in [0.25, 0.3) is 0 Å². The molecule has 1 aromatic carbocycles. The lowest BCUT2D eigenvalue weighted by atomic mass is 10.2. The third kappa shape index (κ3) is 2.44. The molecule has 1 N–H and O–H groups in total. The number of aromatic nitrogens is 1. The molecule has 3 heterocycles. The molecule has 2 aromatic rings. The molecule has 0 bridgehead atoms. The third-order valence-corrected chi connectivity index (χ3v) is 6.62. The van der Waals surface area contributed by atoms with E-state index in [9.17, 15) is 13.2 Å². The van der Waals surface area contributed by atoms with Crippen LogP contribution in [0, 0.1) is 0 Å². The van der Waals surface area contributed by atoms with Gasteiger partial charge in [0.2, 0.25) is 10.0 Å². The van der Waals surface area contributed by atoms with Crippen molar-refractivity contribution in [2.45, 2.75) is 24.2 Å². The average Bonchev–Trinajstić information content (AvgIpc) is 3.34. The molecule has 0 unspecified atom stereocenters. The van der Waals surface area contributed by atoms with E-state index >= 15 is 0 Å². The first-order valence-electron chi connectivity index (χ1n) is 8.16. The molecule has 2 aliphatic heterocycles. The van der Waals surface area contributed by atoms with Gasteiger partial charge in [-0.2, -0.15) is 4.31 Å². The standard InChI is InChI=1S/C17H19N3O3S/c21-17(15-4-3-8-18-15)20-11-7-13-5-6-14(12-16(13)20)24(22,23)19-9-1-2-10-19/h3-6,8,12,18H,1-2,7,9-11H2. The van der Waals surface area contributed by atoms with Crippen LogP contribution >= 0.6 is 0 Å². The van der Waals surface area contributed by atoms with Gasteiger partial charge >= 0.3 is 0 Å². The fraction of sp³-hybridized carbons (Fsp3) is 0.353. The Balaban J connectivity index is 1.70. The minimum atomic E-state index is -3.48. The van der Waals surface area contributed by atoms with E-state index in [0.29, 0.717) is 31.0 Å². The largest absolute Gasteiger partial charge is 0.357 e. The van der Waals surface area contributed by atoms with Gasteiger partial charge in [-0.15, -0.1) is 0 Å². The van der Waals surface area contributed by atoms with Crippen molar-refractivity contribution in [2.24, 2.45) is 0 Å². The van der Waals surface area contributed by atoms with E-state index in [0.717, 1.165) is 24.8 Å². The van der Waals surface area contributed by atoms with Gasteiger partial charge in [-0.3, -0.25) is 4.79 Å². The third-order valence-electron chi connectivity index (χ3n) is 4.73. The number of carbonyl (C=O) groups excluding carboxylic acids is 1. The Bertz CT molecular complexity index is 868. The molecule has 4 rings (SSSR count). The van der Waals surface area contributed by atoms with Gasteiger partial charge in [0.15, 0.2) is 0 Å². The van der Waals surface area contributed by atoms with Gasteiger partial charge in [0.05, 0.1) is 4.90 Å². The second-order valence-corrected chi connectivity index (χ2v) is 8.13. The van der Waals surface area contributed by atoms with Crippen LogP contribution in [-0.2, 0) is 16.4 Å². The molecular formula is C17H19N3O3S. The maximum atomic E-state index is 12.8. The van der Waals surface area contributed by atoms with Gasteiger partial charge in [-0.25, -0.2) is 8.42 Å². The number of sulfonamides is 1. The molecule has 0 aliphatic carbocycles. The molecule has 0 radical (unpaired) electrons. The van der Waals surface area contributed by atoms with Crippen LogP contribution in [0.15, 0.2) is 41.4 Å². The summed E-state index contributed by atoms with van der Waals surface area (Å²) in [5.41, 5.74) is 2.22. The van der Waals surface area contributed by atoms with E-state index in [4.69, 9.17) is 0 Å². The predicted molar refractivity (Wildman–Crippen MR) is 90.6 cm³/mol. The second-order valence-electron chi connectivity index (χ2n) is 6.19. The topological polar surface area (TPSA) is 73.5 Å². The quantitative estimate of drug-likeness (QED) is 0.925. The predicted octanol–water partition coefficient (Wildman–Crippen LogP) is 2.00. The Morgan fingerprint density at radius 1 is 1.08 bits per heavy atom. The molecular weight excluding hydrogens is 326 g/mol. The number of amides is 1. The Labute approximate surface area is 141 Å². The van der Waals surface area contributed by atoms with E-state index in [-0.39, 0.29) is 10.8 Å². The first-order chi connectivity index (χ1) is 11.6. The molecule has 6 nitrogen and oxygen atoms in total. The molecule has 24 heavy (non-hydrogen) atoms. The number of nitrogens with one attached hydrogen (secondary N) is 1. The minimum Gasteiger partial charge on any atom is -0.357 e. The zero-order chi connectivity index (χ0) is 16.7. The highest BCUT2D eigenvalue weighted by Crippen LogP contribution is 2.33. The summed E-state index contributed by atoms with van der Waals surface area (Å²) in [5.74, 6) is -0.130. The first kappa shape index (κ1) is 15.4. The normalized spacial score (nSPS) is 18.1. The number of anilines is 1. The fourth-order valence-corrected chi connectivity index (χ4v) is 4.95. The highest BCUT2D eigenvalue weighted by Gasteiger charge is 2.31. The van der Waals surface area contributed by atoms with Crippen LogP contribution < -0.4 is 4.90 Å². The lowest BCUT2D eigenvalue weighted by Gasteiger charge is -2.19. The molecule has 0 spiro atoms. The Kier molecular flexibility index (Phi) is 3.69. The van der Waals surface area contributed by atoms with Crippen LogP contribution in [0.5, 0.6) is 0 Å². The van der Waals surface area contributed by atoms with Crippen molar-refractivity contribution in [2.75, 3.05) is 24.5 Å². The van der Waals surface area contributed by atoms with E-state index < -0.39 is 10.0 Å². The van der Waals surface area contributed by atoms with Crippen molar-refractivity contribution in [1.82, 2.24) is 9.29 Å².